The summed E-state index contributed by atoms with van der Waals surface area (Å²) in [5.74, 6) is 0.0511. The molecule has 0 saturated carbocycles. The van der Waals surface area contributed by atoms with Gasteiger partial charge in [0.1, 0.15) is 6.04 Å². The van der Waals surface area contributed by atoms with Crippen molar-refractivity contribution in [2.45, 2.75) is 6.04 Å². The number of benzene rings is 1. The van der Waals surface area contributed by atoms with Gasteiger partial charge in [-0.3, -0.25) is 14.6 Å². The van der Waals surface area contributed by atoms with E-state index in [0.717, 1.165) is 28.7 Å². The third-order valence-corrected chi connectivity index (χ3v) is 5.65. The highest BCUT2D eigenvalue weighted by atomic mass is 32.1. The van der Waals surface area contributed by atoms with Crippen molar-refractivity contribution in [2.75, 3.05) is 37.6 Å². The number of anilines is 1. The van der Waals surface area contributed by atoms with Crippen molar-refractivity contribution in [1.29, 1.82) is 5.26 Å². The largest absolute Gasteiger partial charge is 0.307 e. The first-order valence-electron chi connectivity index (χ1n) is 7.97. The second-order valence-corrected chi connectivity index (χ2v) is 6.97. The van der Waals surface area contributed by atoms with Crippen molar-refractivity contribution < 1.29 is 4.79 Å². The van der Waals surface area contributed by atoms with Crippen LogP contribution in [0.1, 0.15) is 0 Å². The SMILES string of the molecule is N#CN1CCN2CCN(c3ncc(-c4ccccc4)s3)C(=O)[C@@H]2C1. The van der Waals surface area contributed by atoms with Gasteiger partial charge in [0.2, 0.25) is 5.91 Å². The molecule has 1 aromatic heterocycles. The molecule has 0 aliphatic carbocycles. The standard InChI is InChI=1S/C17H17N5OS/c18-12-20-6-7-21-8-9-22(16(23)14(21)11-20)17-19-10-15(24-17)13-4-2-1-3-5-13/h1-5,10,14H,6-9,11H2/t14-/m0/s1. The number of nitrogens with zero attached hydrogens (tertiary/aromatic N) is 5. The fourth-order valence-electron chi connectivity index (χ4n) is 3.25. The van der Waals surface area contributed by atoms with Gasteiger partial charge in [0.25, 0.3) is 0 Å². The van der Waals surface area contributed by atoms with E-state index in [9.17, 15) is 4.79 Å². The Kier molecular flexibility index (Phi) is 3.92. The van der Waals surface area contributed by atoms with Crippen molar-refractivity contribution in [3.05, 3.63) is 36.5 Å². The monoisotopic (exact) mass is 339 g/mol. The maximum atomic E-state index is 12.9. The molecule has 2 fully saturated rings. The molecule has 0 N–H and O–H groups in total. The van der Waals surface area contributed by atoms with E-state index in [-0.39, 0.29) is 11.9 Å². The fourth-order valence-corrected chi connectivity index (χ4v) is 4.20. The van der Waals surface area contributed by atoms with Gasteiger partial charge >= 0.3 is 0 Å². The Balaban J connectivity index is 1.56. The van der Waals surface area contributed by atoms with Crippen molar-refractivity contribution in [3.8, 4) is 16.6 Å². The van der Waals surface area contributed by atoms with E-state index in [4.69, 9.17) is 5.26 Å². The topological polar surface area (TPSA) is 63.5 Å². The summed E-state index contributed by atoms with van der Waals surface area (Å²) >= 11 is 1.54. The summed E-state index contributed by atoms with van der Waals surface area (Å²) in [6.45, 7) is 3.43. The van der Waals surface area contributed by atoms with E-state index in [1.807, 2.05) is 36.5 Å². The summed E-state index contributed by atoms with van der Waals surface area (Å²) in [5, 5.41) is 9.85. The van der Waals surface area contributed by atoms with E-state index in [2.05, 4.69) is 16.1 Å². The molecule has 1 amide bonds. The number of piperazine rings is 2. The number of amides is 1. The lowest BCUT2D eigenvalue weighted by Gasteiger charge is -2.44. The zero-order valence-corrected chi connectivity index (χ0v) is 13.9. The van der Waals surface area contributed by atoms with E-state index in [1.165, 1.54) is 11.3 Å². The maximum absolute atomic E-state index is 12.9. The molecule has 0 radical (unpaired) electrons. The fraction of sp³-hybridized carbons (Fsp3) is 0.353. The average Bonchev–Trinajstić information content (AvgIpc) is 3.12. The number of rotatable bonds is 2. The quantitative estimate of drug-likeness (QED) is 0.778. The Morgan fingerprint density at radius 3 is 2.75 bits per heavy atom. The molecule has 0 bridgehead atoms. The lowest BCUT2D eigenvalue weighted by atomic mass is 10.1. The van der Waals surface area contributed by atoms with Gasteiger partial charge in [-0.05, 0) is 5.56 Å². The molecular formula is C17H17N5OS. The highest BCUT2D eigenvalue weighted by Crippen LogP contribution is 2.32. The smallest absolute Gasteiger partial charge is 0.248 e. The minimum absolute atomic E-state index is 0.0511. The number of carbonyl (C=O) groups is 1. The molecule has 122 valence electrons. The summed E-state index contributed by atoms with van der Waals surface area (Å²) < 4.78 is 0. The number of hydrogen-bond acceptors (Lipinski definition) is 6. The number of hydrogen-bond donors (Lipinski definition) is 0. The van der Waals surface area contributed by atoms with Crippen molar-refractivity contribution in [3.63, 3.8) is 0 Å². The van der Waals surface area contributed by atoms with Gasteiger partial charge in [-0.1, -0.05) is 41.7 Å². The summed E-state index contributed by atoms with van der Waals surface area (Å²) in [6.07, 6.45) is 3.99. The van der Waals surface area contributed by atoms with Gasteiger partial charge in [-0.2, -0.15) is 5.26 Å². The summed E-state index contributed by atoms with van der Waals surface area (Å²) in [5.41, 5.74) is 1.11. The van der Waals surface area contributed by atoms with Crippen LogP contribution >= 0.6 is 11.3 Å². The first-order chi connectivity index (χ1) is 11.8. The van der Waals surface area contributed by atoms with Gasteiger partial charge in [-0.25, -0.2) is 4.98 Å². The molecule has 4 rings (SSSR count). The molecular weight excluding hydrogens is 322 g/mol. The predicted molar refractivity (Wildman–Crippen MR) is 92.5 cm³/mol. The first-order valence-corrected chi connectivity index (χ1v) is 8.79. The summed E-state index contributed by atoms with van der Waals surface area (Å²) in [6, 6.07) is 9.83. The number of fused-ring (bicyclic) bond motifs is 1. The molecule has 2 saturated heterocycles. The molecule has 0 spiro atoms. The van der Waals surface area contributed by atoms with Crippen LogP contribution in [0.15, 0.2) is 36.5 Å². The van der Waals surface area contributed by atoms with Crippen LogP contribution in [0.3, 0.4) is 0 Å². The Labute approximate surface area is 144 Å². The van der Waals surface area contributed by atoms with Crippen molar-refractivity contribution >= 4 is 22.4 Å². The summed E-state index contributed by atoms with van der Waals surface area (Å²) in [4.78, 5) is 24.0. The lowest BCUT2D eigenvalue weighted by molar-refractivity contribution is -0.127. The molecule has 3 heterocycles. The van der Waals surface area contributed by atoms with Crippen LogP contribution in [-0.2, 0) is 4.79 Å². The molecule has 2 aromatic rings. The Morgan fingerprint density at radius 1 is 1.17 bits per heavy atom. The van der Waals surface area contributed by atoms with Crippen LogP contribution in [0.2, 0.25) is 0 Å². The van der Waals surface area contributed by atoms with E-state index >= 15 is 0 Å². The highest BCUT2D eigenvalue weighted by Gasteiger charge is 2.39. The van der Waals surface area contributed by atoms with Crippen LogP contribution in [0.4, 0.5) is 5.13 Å². The van der Waals surface area contributed by atoms with Gasteiger partial charge in [-0.15, -0.1) is 0 Å². The van der Waals surface area contributed by atoms with Crippen molar-refractivity contribution in [2.24, 2.45) is 0 Å². The lowest BCUT2D eigenvalue weighted by Crippen LogP contribution is -2.64. The minimum Gasteiger partial charge on any atom is -0.307 e. The van der Waals surface area contributed by atoms with Crippen LogP contribution in [-0.4, -0.2) is 59.5 Å². The van der Waals surface area contributed by atoms with Crippen LogP contribution < -0.4 is 4.90 Å². The van der Waals surface area contributed by atoms with Crippen LogP contribution in [0, 0.1) is 11.5 Å². The zero-order valence-electron chi connectivity index (χ0n) is 13.1. The second-order valence-electron chi connectivity index (χ2n) is 5.96. The third kappa shape index (κ3) is 2.64. The molecule has 1 atom stereocenters. The van der Waals surface area contributed by atoms with Gasteiger partial charge in [0, 0.05) is 32.4 Å². The van der Waals surface area contributed by atoms with Gasteiger partial charge in [0.05, 0.1) is 11.4 Å². The number of nitriles is 1. The van der Waals surface area contributed by atoms with Gasteiger partial charge in [0.15, 0.2) is 11.3 Å². The van der Waals surface area contributed by atoms with Crippen LogP contribution in [0.25, 0.3) is 10.4 Å². The molecule has 2 aliphatic rings. The molecule has 0 unspecified atom stereocenters. The zero-order chi connectivity index (χ0) is 16.5. The third-order valence-electron chi connectivity index (χ3n) is 4.58. The Morgan fingerprint density at radius 2 is 1.96 bits per heavy atom. The Bertz CT molecular complexity index is 784. The molecule has 6 nitrogen and oxygen atoms in total. The van der Waals surface area contributed by atoms with Gasteiger partial charge < -0.3 is 4.90 Å². The number of thiazole rings is 1. The van der Waals surface area contributed by atoms with E-state index in [1.54, 1.807) is 9.80 Å². The molecule has 24 heavy (non-hydrogen) atoms. The van der Waals surface area contributed by atoms with Crippen molar-refractivity contribution in [1.82, 2.24) is 14.8 Å². The molecule has 2 aliphatic heterocycles. The first kappa shape index (κ1) is 15.1. The van der Waals surface area contributed by atoms with Crippen LogP contribution in [0.5, 0.6) is 0 Å². The molecule has 1 aromatic carbocycles. The Hall–Kier alpha value is -2.43. The average molecular weight is 339 g/mol. The predicted octanol–water partition coefficient (Wildman–Crippen LogP) is 1.62. The number of aromatic nitrogens is 1. The second kappa shape index (κ2) is 6.23. The van der Waals surface area contributed by atoms with E-state index < -0.39 is 0 Å². The highest BCUT2D eigenvalue weighted by molar-refractivity contribution is 7.19. The minimum atomic E-state index is -0.240. The normalized spacial score (nSPS) is 21.5. The summed E-state index contributed by atoms with van der Waals surface area (Å²) in [7, 11) is 0. The van der Waals surface area contributed by atoms with E-state index in [0.29, 0.717) is 19.6 Å². The number of carbonyl (C=O) groups excluding carboxylic acids is 1. The molecule has 7 heteroatoms. The maximum Gasteiger partial charge on any atom is 0.248 e.